The van der Waals surface area contributed by atoms with E-state index in [0.717, 1.165) is 25.3 Å². The van der Waals surface area contributed by atoms with Crippen LogP contribution in [0.25, 0.3) is 0 Å². The van der Waals surface area contributed by atoms with Crippen LogP contribution in [0.1, 0.15) is 19.3 Å². The molecule has 0 saturated heterocycles. The monoisotopic (exact) mass is 286 g/mol. The molecule has 0 aliphatic heterocycles. The Kier molecular flexibility index (Phi) is 3.84. The van der Waals surface area contributed by atoms with Gasteiger partial charge in [-0.3, -0.25) is 14.3 Å². The Morgan fingerprint density at radius 3 is 2.68 bits per heavy atom. The fourth-order valence-electron chi connectivity index (χ4n) is 2.20. The zero-order valence-electron chi connectivity index (χ0n) is 10.5. The Balaban J connectivity index is 2.15. The van der Waals surface area contributed by atoms with Crippen LogP contribution in [-0.4, -0.2) is 26.7 Å². The first kappa shape index (κ1) is 13.9. The molecule has 1 aliphatic rings. The number of hydrogen-bond acceptors (Lipinski definition) is 4. The van der Waals surface area contributed by atoms with Crippen molar-refractivity contribution in [3.05, 3.63) is 34.1 Å². The maximum atomic E-state index is 13.0. The second kappa shape index (κ2) is 5.24. The summed E-state index contributed by atoms with van der Waals surface area (Å²) in [6, 6.07) is 3.41. The second-order valence-electron chi connectivity index (χ2n) is 4.76. The molecule has 19 heavy (non-hydrogen) atoms. The van der Waals surface area contributed by atoms with Crippen molar-refractivity contribution < 1.29 is 13.5 Å². The highest BCUT2D eigenvalue weighted by Crippen LogP contribution is 2.38. The predicted octanol–water partition coefficient (Wildman–Crippen LogP) is 2.45. The van der Waals surface area contributed by atoms with Crippen LogP contribution in [0.3, 0.4) is 0 Å². The number of benzene rings is 1. The number of rotatable bonds is 5. The summed E-state index contributed by atoms with van der Waals surface area (Å²) in [4.78, 5) is 10.2. The van der Waals surface area contributed by atoms with Gasteiger partial charge >= 0.3 is 0 Å². The van der Waals surface area contributed by atoms with Gasteiger partial charge in [0.25, 0.3) is 5.69 Å². The summed E-state index contributed by atoms with van der Waals surface area (Å²) >= 11 is 0. The molecule has 1 aliphatic carbocycles. The van der Waals surface area contributed by atoms with E-state index in [9.17, 15) is 18.7 Å². The van der Waals surface area contributed by atoms with Crippen molar-refractivity contribution in [3.8, 4) is 0 Å². The Bertz CT molecular complexity index is 532. The molecule has 5 nitrogen and oxygen atoms in total. The van der Waals surface area contributed by atoms with Gasteiger partial charge in [0.05, 0.1) is 15.7 Å². The van der Waals surface area contributed by atoms with E-state index in [0.29, 0.717) is 6.54 Å². The third kappa shape index (κ3) is 2.75. The fourth-order valence-corrected chi connectivity index (χ4v) is 3.34. The first-order chi connectivity index (χ1) is 8.94. The molecule has 1 N–H and O–H groups in total. The molecular formula is C12H15FN2O3S. The predicted molar refractivity (Wildman–Crippen MR) is 72.2 cm³/mol. The number of nitro groups is 1. The SMILES string of the molecule is CS(=O)C1(CNc2ccc(F)cc2[N+](=O)[O-])CCC1. The molecule has 1 atom stereocenters. The standard InChI is InChI=1S/C12H15FN2O3S/c1-19(18)12(5-2-6-12)8-14-10-4-3-9(13)7-11(10)15(16)17/h3-4,7,14H,2,5-6,8H2,1H3. The third-order valence-electron chi connectivity index (χ3n) is 3.63. The summed E-state index contributed by atoms with van der Waals surface area (Å²) in [5, 5.41) is 13.8. The normalized spacial score (nSPS) is 18.4. The van der Waals surface area contributed by atoms with E-state index in [4.69, 9.17) is 0 Å². The summed E-state index contributed by atoms with van der Waals surface area (Å²) in [5.41, 5.74) is -0.0283. The molecule has 1 saturated carbocycles. The molecule has 0 amide bonds. The minimum Gasteiger partial charge on any atom is -0.378 e. The summed E-state index contributed by atoms with van der Waals surface area (Å²) in [6.07, 6.45) is 4.36. The van der Waals surface area contributed by atoms with Crippen LogP contribution in [0.5, 0.6) is 0 Å². The topological polar surface area (TPSA) is 72.2 Å². The van der Waals surface area contributed by atoms with Crippen molar-refractivity contribution >= 4 is 22.2 Å². The number of nitrogens with zero attached hydrogens (tertiary/aromatic N) is 1. The molecule has 0 heterocycles. The third-order valence-corrected chi connectivity index (χ3v) is 5.40. The zero-order valence-corrected chi connectivity index (χ0v) is 11.3. The van der Waals surface area contributed by atoms with Crippen molar-refractivity contribution in [2.24, 2.45) is 0 Å². The molecule has 104 valence electrons. The van der Waals surface area contributed by atoms with Gasteiger partial charge in [0.2, 0.25) is 0 Å². The molecule has 0 spiro atoms. The largest absolute Gasteiger partial charge is 0.378 e. The van der Waals surface area contributed by atoms with E-state index in [1.165, 1.54) is 12.1 Å². The van der Waals surface area contributed by atoms with Crippen LogP contribution < -0.4 is 5.32 Å². The molecular weight excluding hydrogens is 271 g/mol. The number of anilines is 1. The van der Waals surface area contributed by atoms with Gasteiger partial charge in [0.15, 0.2) is 0 Å². The second-order valence-corrected chi connectivity index (χ2v) is 6.54. The molecule has 1 aromatic rings. The summed E-state index contributed by atoms with van der Waals surface area (Å²) in [5.74, 6) is -0.644. The number of hydrogen-bond donors (Lipinski definition) is 1. The lowest BCUT2D eigenvalue weighted by Gasteiger charge is -2.40. The number of nitrogens with one attached hydrogen (secondary N) is 1. The van der Waals surface area contributed by atoms with Gasteiger partial charge in [0, 0.05) is 23.6 Å². The van der Waals surface area contributed by atoms with Gasteiger partial charge in [-0.2, -0.15) is 0 Å². The summed E-state index contributed by atoms with van der Waals surface area (Å²) in [6.45, 7) is 0.405. The Hall–Kier alpha value is -1.50. The van der Waals surface area contributed by atoms with Crippen molar-refractivity contribution in [3.63, 3.8) is 0 Å². The first-order valence-corrected chi connectivity index (χ1v) is 7.52. The molecule has 0 bridgehead atoms. The molecule has 1 fully saturated rings. The molecule has 2 rings (SSSR count). The van der Waals surface area contributed by atoms with E-state index in [1.807, 2.05) is 0 Å². The van der Waals surface area contributed by atoms with Gasteiger partial charge in [-0.15, -0.1) is 0 Å². The highest BCUT2D eigenvalue weighted by Gasteiger charge is 2.40. The summed E-state index contributed by atoms with van der Waals surface area (Å²) in [7, 11) is -0.984. The molecule has 1 unspecified atom stereocenters. The lowest BCUT2D eigenvalue weighted by atomic mass is 9.84. The van der Waals surface area contributed by atoms with Crippen LogP contribution in [0.15, 0.2) is 18.2 Å². The Labute approximate surface area is 112 Å². The van der Waals surface area contributed by atoms with Crippen LogP contribution in [0.2, 0.25) is 0 Å². The minimum absolute atomic E-state index is 0.267. The van der Waals surface area contributed by atoms with Crippen LogP contribution in [-0.2, 0) is 10.8 Å². The molecule has 1 aromatic carbocycles. The summed E-state index contributed by atoms with van der Waals surface area (Å²) < 4.78 is 24.4. The molecule has 0 aromatic heterocycles. The Morgan fingerprint density at radius 2 is 2.21 bits per heavy atom. The molecule has 7 heteroatoms. The lowest BCUT2D eigenvalue weighted by Crippen LogP contribution is -2.47. The van der Waals surface area contributed by atoms with Gasteiger partial charge in [0.1, 0.15) is 11.5 Å². The maximum absolute atomic E-state index is 13.0. The van der Waals surface area contributed by atoms with Crippen LogP contribution >= 0.6 is 0 Å². The van der Waals surface area contributed by atoms with Crippen molar-refractivity contribution in [2.75, 3.05) is 18.1 Å². The van der Waals surface area contributed by atoms with Crippen molar-refractivity contribution in [1.29, 1.82) is 0 Å². The maximum Gasteiger partial charge on any atom is 0.295 e. The van der Waals surface area contributed by atoms with Gasteiger partial charge in [-0.25, -0.2) is 4.39 Å². The van der Waals surface area contributed by atoms with E-state index in [-0.39, 0.29) is 16.1 Å². The molecule has 0 radical (unpaired) electrons. The van der Waals surface area contributed by atoms with Gasteiger partial charge in [-0.1, -0.05) is 6.42 Å². The van der Waals surface area contributed by atoms with Crippen LogP contribution in [0.4, 0.5) is 15.8 Å². The van der Waals surface area contributed by atoms with Crippen molar-refractivity contribution in [1.82, 2.24) is 0 Å². The minimum atomic E-state index is -0.984. The van der Waals surface area contributed by atoms with E-state index in [1.54, 1.807) is 6.26 Å². The fraction of sp³-hybridized carbons (Fsp3) is 0.500. The van der Waals surface area contributed by atoms with Gasteiger partial charge in [-0.05, 0) is 25.0 Å². The highest BCUT2D eigenvalue weighted by molar-refractivity contribution is 7.85. The first-order valence-electron chi connectivity index (χ1n) is 5.96. The smallest absolute Gasteiger partial charge is 0.295 e. The lowest BCUT2D eigenvalue weighted by molar-refractivity contribution is -0.384. The van der Waals surface area contributed by atoms with Crippen molar-refractivity contribution in [2.45, 2.75) is 24.0 Å². The average molecular weight is 286 g/mol. The quantitative estimate of drug-likeness (QED) is 0.666. The van der Waals surface area contributed by atoms with Gasteiger partial charge < -0.3 is 5.32 Å². The zero-order chi connectivity index (χ0) is 14.0. The average Bonchev–Trinajstić information content (AvgIpc) is 2.28. The Morgan fingerprint density at radius 1 is 1.53 bits per heavy atom. The van der Waals surface area contributed by atoms with Crippen LogP contribution in [0, 0.1) is 15.9 Å². The van der Waals surface area contributed by atoms with E-state index >= 15 is 0 Å². The van der Waals surface area contributed by atoms with E-state index < -0.39 is 21.5 Å². The number of halogens is 1. The van der Waals surface area contributed by atoms with E-state index in [2.05, 4.69) is 5.32 Å². The number of nitro benzene ring substituents is 1. The highest BCUT2D eigenvalue weighted by atomic mass is 32.2.